The van der Waals surface area contributed by atoms with Crippen molar-refractivity contribution in [1.29, 1.82) is 0 Å². The van der Waals surface area contributed by atoms with Crippen LogP contribution in [-0.4, -0.2) is 66.9 Å². The summed E-state index contributed by atoms with van der Waals surface area (Å²) in [6, 6.07) is 0. The fourth-order valence-corrected chi connectivity index (χ4v) is 1.36. The number of nitrogens with zero attached hydrogens (tertiary/aromatic N) is 1. The summed E-state index contributed by atoms with van der Waals surface area (Å²) in [5.41, 5.74) is 0. The van der Waals surface area contributed by atoms with E-state index in [2.05, 4.69) is 0 Å². The van der Waals surface area contributed by atoms with Crippen LogP contribution >= 0.6 is 0 Å². The first-order chi connectivity index (χ1) is 8.54. The van der Waals surface area contributed by atoms with Crippen molar-refractivity contribution in [2.24, 2.45) is 0 Å². The van der Waals surface area contributed by atoms with E-state index < -0.39 is 47.7 Å². The summed E-state index contributed by atoms with van der Waals surface area (Å²) in [5, 5.41) is 8.40. The zero-order valence-corrected chi connectivity index (χ0v) is 10.3. The van der Waals surface area contributed by atoms with E-state index in [1.807, 2.05) is 0 Å². The Hall–Kier alpha value is -1.13. The molecule has 0 radical (unpaired) electrons. The van der Waals surface area contributed by atoms with E-state index in [-0.39, 0.29) is 0 Å². The van der Waals surface area contributed by atoms with Crippen molar-refractivity contribution >= 4 is 5.97 Å². The van der Waals surface area contributed by atoms with Gasteiger partial charge in [0.15, 0.2) is 6.54 Å². The van der Waals surface area contributed by atoms with E-state index in [0.29, 0.717) is 0 Å². The van der Waals surface area contributed by atoms with E-state index in [1.165, 1.54) is 0 Å². The Labute approximate surface area is 108 Å². The van der Waals surface area contributed by atoms with Crippen molar-refractivity contribution in [1.82, 2.24) is 0 Å². The summed E-state index contributed by atoms with van der Waals surface area (Å²) in [6.07, 6.45) is -10.5. The highest BCUT2D eigenvalue weighted by Crippen LogP contribution is 2.48. The van der Waals surface area contributed by atoms with Gasteiger partial charge in [0.25, 0.3) is 0 Å². The number of aliphatic carboxylic acids is 1. The summed E-state index contributed by atoms with van der Waals surface area (Å²) < 4.78 is 98.7. The molecule has 0 amide bonds. The zero-order chi connectivity index (χ0) is 16.6. The third-order valence-corrected chi connectivity index (χ3v) is 2.39. The van der Waals surface area contributed by atoms with Gasteiger partial charge in [-0.25, -0.2) is 9.18 Å². The maximum atomic E-state index is 13.2. The predicted molar refractivity (Wildman–Crippen MR) is 50.3 cm³/mol. The minimum atomic E-state index is -6.62. The topological polar surface area (TPSA) is 37.3 Å². The van der Waals surface area contributed by atoms with Crippen LogP contribution in [0.4, 0.5) is 35.1 Å². The number of rotatable bonds is 6. The number of likely N-dealkylation sites (N-methyl/N-ethyl adjacent to an activating group) is 1. The molecule has 0 heterocycles. The molecular formula is C9H12F8NO2+. The van der Waals surface area contributed by atoms with E-state index in [9.17, 15) is 39.9 Å². The maximum Gasteiger partial charge on any atom is 0.459 e. The first kappa shape index (κ1) is 18.9. The van der Waals surface area contributed by atoms with Crippen LogP contribution in [-0.2, 0) is 4.79 Å². The molecule has 1 N–H and O–H groups in total. The number of alkyl halides is 8. The lowest BCUT2D eigenvalue weighted by Gasteiger charge is -2.35. The highest BCUT2D eigenvalue weighted by Gasteiger charge is 2.76. The molecule has 0 bridgehead atoms. The van der Waals surface area contributed by atoms with Gasteiger partial charge in [0.2, 0.25) is 6.17 Å². The number of hydrogen-bond donors (Lipinski definition) is 1. The number of halogens is 8. The van der Waals surface area contributed by atoms with Gasteiger partial charge in [-0.2, -0.15) is 30.7 Å². The van der Waals surface area contributed by atoms with Gasteiger partial charge >= 0.3 is 24.0 Å². The number of quaternary nitrogens is 1. The van der Waals surface area contributed by atoms with Crippen molar-refractivity contribution in [2.75, 3.05) is 27.2 Å². The van der Waals surface area contributed by atoms with Gasteiger partial charge in [-0.3, -0.25) is 0 Å². The monoisotopic (exact) mass is 318 g/mol. The van der Waals surface area contributed by atoms with E-state index in [4.69, 9.17) is 5.11 Å². The third kappa shape index (κ3) is 3.93. The molecule has 0 spiro atoms. The fraction of sp³-hybridized carbons (Fsp3) is 0.889. The lowest BCUT2D eigenvalue weighted by molar-refractivity contribution is -0.886. The predicted octanol–water partition coefficient (Wildman–Crippen LogP) is 2.32. The Morgan fingerprint density at radius 1 is 1.10 bits per heavy atom. The van der Waals surface area contributed by atoms with Gasteiger partial charge in [0.05, 0.1) is 14.1 Å². The second kappa shape index (κ2) is 5.34. The summed E-state index contributed by atoms with van der Waals surface area (Å²) >= 11 is 0. The molecule has 1 unspecified atom stereocenters. The van der Waals surface area contributed by atoms with Gasteiger partial charge in [-0.1, -0.05) is 0 Å². The van der Waals surface area contributed by atoms with E-state index in [0.717, 1.165) is 14.1 Å². The van der Waals surface area contributed by atoms with Crippen molar-refractivity contribution in [3.63, 3.8) is 0 Å². The van der Waals surface area contributed by atoms with Crippen LogP contribution < -0.4 is 0 Å². The van der Waals surface area contributed by atoms with Gasteiger partial charge in [0, 0.05) is 0 Å². The number of carboxylic acids is 1. The van der Waals surface area contributed by atoms with Crippen LogP contribution in [0.15, 0.2) is 0 Å². The van der Waals surface area contributed by atoms with Crippen LogP contribution in [0.25, 0.3) is 0 Å². The Bertz CT molecular complexity index is 365. The molecule has 120 valence electrons. The molecule has 0 saturated heterocycles. The van der Waals surface area contributed by atoms with Crippen molar-refractivity contribution in [3.8, 4) is 0 Å². The smallest absolute Gasteiger partial charge is 0.459 e. The maximum absolute atomic E-state index is 13.2. The lowest BCUT2D eigenvalue weighted by Crippen LogP contribution is -2.61. The molecule has 1 atom stereocenters. The van der Waals surface area contributed by atoms with Gasteiger partial charge < -0.3 is 9.59 Å². The molecule has 0 aliphatic carbocycles. The highest BCUT2D eigenvalue weighted by molar-refractivity contribution is 5.67. The average molecular weight is 318 g/mol. The molecule has 0 aliphatic rings. The SMILES string of the molecule is C[N+](C)(CC(=O)O)CC(F)C(F)(F)C(F)(F)C(F)(F)F. The normalized spacial score (nSPS) is 16.1. The molecular weight excluding hydrogens is 306 g/mol. The first-order valence-electron chi connectivity index (χ1n) is 5.05. The van der Waals surface area contributed by atoms with Crippen LogP contribution in [0.5, 0.6) is 0 Å². The molecule has 0 rings (SSSR count). The quantitative estimate of drug-likeness (QED) is 0.603. The second-order valence-electron chi connectivity index (χ2n) is 4.83. The van der Waals surface area contributed by atoms with Gasteiger partial charge in [0.1, 0.15) is 6.54 Å². The van der Waals surface area contributed by atoms with Crippen LogP contribution in [0.3, 0.4) is 0 Å². The highest BCUT2D eigenvalue weighted by atomic mass is 19.4. The molecule has 20 heavy (non-hydrogen) atoms. The largest absolute Gasteiger partial charge is 0.477 e. The summed E-state index contributed by atoms with van der Waals surface area (Å²) in [4.78, 5) is 10.3. The molecule has 0 aromatic rings. The zero-order valence-electron chi connectivity index (χ0n) is 10.3. The Balaban J connectivity index is 5.19. The number of hydrogen-bond acceptors (Lipinski definition) is 1. The fourth-order valence-electron chi connectivity index (χ4n) is 1.36. The van der Waals surface area contributed by atoms with E-state index >= 15 is 0 Å². The Kier molecular flexibility index (Phi) is 5.04. The molecule has 0 aromatic carbocycles. The van der Waals surface area contributed by atoms with Crippen molar-refractivity contribution in [2.45, 2.75) is 24.2 Å². The van der Waals surface area contributed by atoms with E-state index in [1.54, 1.807) is 0 Å². The molecule has 0 saturated carbocycles. The molecule has 0 fully saturated rings. The molecule has 11 heteroatoms. The van der Waals surface area contributed by atoms with Crippen LogP contribution in [0, 0.1) is 0 Å². The summed E-state index contributed by atoms with van der Waals surface area (Å²) in [7, 11) is 1.81. The molecule has 3 nitrogen and oxygen atoms in total. The standard InChI is InChI=1S/C9H11F8NO2/c1-18(2,4-6(19)20)3-5(10)7(11,12)8(13,14)9(15,16)17/h5H,3-4H2,1-2H3/p+1. The first-order valence-corrected chi connectivity index (χ1v) is 5.05. The Morgan fingerprint density at radius 2 is 1.50 bits per heavy atom. The van der Waals surface area contributed by atoms with Gasteiger partial charge in [-0.05, 0) is 0 Å². The summed E-state index contributed by atoms with van der Waals surface area (Å²) in [6.45, 7) is -2.45. The minimum Gasteiger partial charge on any atom is -0.477 e. The molecule has 0 aromatic heterocycles. The second-order valence-corrected chi connectivity index (χ2v) is 4.83. The van der Waals surface area contributed by atoms with Crippen LogP contribution in [0.2, 0.25) is 0 Å². The minimum absolute atomic E-state index is 0.905. The van der Waals surface area contributed by atoms with Gasteiger partial charge in [-0.15, -0.1) is 0 Å². The molecule has 0 aliphatic heterocycles. The lowest BCUT2D eigenvalue weighted by atomic mass is 10.1. The van der Waals surface area contributed by atoms with Crippen LogP contribution in [0.1, 0.15) is 0 Å². The average Bonchev–Trinajstić information content (AvgIpc) is 2.11. The third-order valence-electron chi connectivity index (χ3n) is 2.39. The van der Waals surface area contributed by atoms with Crippen molar-refractivity contribution < 1.29 is 49.5 Å². The Morgan fingerprint density at radius 3 is 1.80 bits per heavy atom. The van der Waals surface area contributed by atoms with Crippen molar-refractivity contribution in [3.05, 3.63) is 0 Å². The number of carbonyl (C=O) groups is 1. The number of carboxylic acid groups (broad SMARTS) is 1. The summed E-state index contributed by atoms with van der Waals surface area (Å²) in [5.74, 6) is -14.1.